The first kappa shape index (κ1) is 12.7. The number of aliphatic hydroxyl groups excluding tert-OH is 1. The van der Waals surface area contributed by atoms with Gasteiger partial charge in [0.1, 0.15) is 5.75 Å². The van der Waals surface area contributed by atoms with Crippen molar-refractivity contribution in [2.75, 3.05) is 18.1 Å². The molecular weight excluding hydrogens is 232 g/mol. The van der Waals surface area contributed by atoms with Crippen molar-refractivity contribution in [2.24, 2.45) is 0 Å². The third kappa shape index (κ3) is 4.33. The third-order valence-electron chi connectivity index (χ3n) is 1.88. The molecule has 4 heteroatoms. The number of thioether (sulfide) groups is 1. The highest BCUT2D eigenvalue weighted by molar-refractivity contribution is 7.99. The average Bonchev–Trinajstić information content (AvgIpc) is 2.26. The van der Waals surface area contributed by atoms with E-state index in [0.717, 1.165) is 22.8 Å². The van der Waals surface area contributed by atoms with Gasteiger partial charge in [-0.05, 0) is 24.0 Å². The molecule has 0 atom stereocenters. The average molecular weight is 247 g/mol. The number of aliphatic hydroxyl groups is 1. The zero-order valence-electron chi connectivity index (χ0n) is 8.70. The highest BCUT2D eigenvalue weighted by Crippen LogP contribution is 2.22. The number of hydrogen-bond donors (Lipinski definition) is 1. The van der Waals surface area contributed by atoms with Crippen molar-refractivity contribution in [3.05, 3.63) is 28.8 Å². The zero-order chi connectivity index (χ0) is 11.1. The topological polar surface area (TPSA) is 29.5 Å². The van der Waals surface area contributed by atoms with Gasteiger partial charge in [-0.2, -0.15) is 11.8 Å². The molecule has 0 spiro atoms. The summed E-state index contributed by atoms with van der Waals surface area (Å²) in [4.78, 5) is 0. The van der Waals surface area contributed by atoms with Crippen molar-refractivity contribution >= 4 is 23.4 Å². The van der Waals surface area contributed by atoms with Crippen molar-refractivity contribution in [2.45, 2.75) is 13.5 Å². The standard InChI is InChI=1S/C11H15ClO2S/c1-2-15-6-5-14-11-4-3-10(12)7-9(11)8-13/h3-4,7,13H,2,5-6,8H2,1H3. The minimum atomic E-state index is -0.0448. The molecule has 0 aliphatic heterocycles. The first-order valence-corrected chi connectivity index (χ1v) is 6.41. The summed E-state index contributed by atoms with van der Waals surface area (Å²) in [5, 5.41) is 9.72. The zero-order valence-corrected chi connectivity index (χ0v) is 10.3. The van der Waals surface area contributed by atoms with Crippen molar-refractivity contribution < 1.29 is 9.84 Å². The van der Waals surface area contributed by atoms with Gasteiger partial charge in [0.25, 0.3) is 0 Å². The first-order chi connectivity index (χ1) is 7.27. The SMILES string of the molecule is CCSCCOc1ccc(Cl)cc1CO. The smallest absolute Gasteiger partial charge is 0.124 e. The summed E-state index contributed by atoms with van der Waals surface area (Å²) in [6.07, 6.45) is 0. The molecule has 2 nitrogen and oxygen atoms in total. The minimum Gasteiger partial charge on any atom is -0.492 e. The molecule has 15 heavy (non-hydrogen) atoms. The van der Waals surface area contributed by atoms with E-state index in [2.05, 4.69) is 6.92 Å². The van der Waals surface area contributed by atoms with Crippen molar-refractivity contribution in [3.63, 3.8) is 0 Å². The Morgan fingerprint density at radius 2 is 2.27 bits per heavy atom. The van der Waals surface area contributed by atoms with E-state index in [-0.39, 0.29) is 6.61 Å². The summed E-state index contributed by atoms with van der Waals surface area (Å²) >= 11 is 7.64. The normalized spacial score (nSPS) is 10.3. The number of ether oxygens (including phenoxy) is 1. The molecule has 0 radical (unpaired) electrons. The molecule has 1 aromatic rings. The molecule has 0 aliphatic carbocycles. The lowest BCUT2D eigenvalue weighted by atomic mass is 10.2. The van der Waals surface area contributed by atoms with E-state index in [1.807, 2.05) is 11.8 Å². The van der Waals surface area contributed by atoms with E-state index in [4.69, 9.17) is 21.4 Å². The molecule has 0 fully saturated rings. The quantitative estimate of drug-likeness (QED) is 0.783. The van der Waals surface area contributed by atoms with Crippen LogP contribution < -0.4 is 4.74 Å². The largest absolute Gasteiger partial charge is 0.492 e. The molecule has 0 amide bonds. The third-order valence-corrected chi connectivity index (χ3v) is 2.98. The van der Waals surface area contributed by atoms with Crippen LogP contribution in [0.15, 0.2) is 18.2 Å². The molecule has 0 bridgehead atoms. The monoisotopic (exact) mass is 246 g/mol. The van der Waals surface area contributed by atoms with Crippen LogP contribution in [0.4, 0.5) is 0 Å². The van der Waals surface area contributed by atoms with Gasteiger partial charge in [0.05, 0.1) is 13.2 Å². The Morgan fingerprint density at radius 1 is 1.47 bits per heavy atom. The predicted molar refractivity (Wildman–Crippen MR) is 65.9 cm³/mol. The first-order valence-electron chi connectivity index (χ1n) is 4.87. The van der Waals surface area contributed by atoms with Crippen LogP contribution in [0.5, 0.6) is 5.75 Å². The summed E-state index contributed by atoms with van der Waals surface area (Å²) < 4.78 is 5.55. The number of halogens is 1. The van der Waals surface area contributed by atoms with Crippen LogP contribution in [0.25, 0.3) is 0 Å². The maximum absolute atomic E-state index is 9.10. The fraction of sp³-hybridized carbons (Fsp3) is 0.455. The van der Waals surface area contributed by atoms with Crippen LogP contribution in [-0.4, -0.2) is 23.2 Å². The Labute approximate surface area is 99.6 Å². The van der Waals surface area contributed by atoms with Crippen molar-refractivity contribution in [3.8, 4) is 5.75 Å². The van der Waals surface area contributed by atoms with Crippen LogP contribution in [0.1, 0.15) is 12.5 Å². The molecule has 1 rings (SSSR count). The second-order valence-electron chi connectivity index (χ2n) is 2.96. The van der Waals surface area contributed by atoms with Crippen LogP contribution in [0.3, 0.4) is 0 Å². The Morgan fingerprint density at radius 3 is 2.93 bits per heavy atom. The second kappa shape index (κ2) is 6.99. The summed E-state index contributed by atoms with van der Waals surface area (Å²) in [7, 11) is 0. The van der Waals surface area contributed by atoms with Gasteiger partial charge in [-0.25, -0.2) is 0 Å². The lowest BCUT2D eigenvalue weighted by Crippen LogP contribution is -2.02. The van der Waals surface area contributed by atoms with E-state index in [1.165, 1.54) is 0 Å². The summed E-state index contributed by atoms with van der Waals surface area (Å²) in [5.41, 5.74) is 0.740. The second-order valence-corrected chi connectivity index (χ2v) is 4.79. The molecule has 0 saturated carbocycles. The van der Waals surface area contributed by atoms with Gasteiger partial charge >= 0.3 is 0 Å². The van der Waals surface area contributed by atoms with Crippen LogP contribution >= 0.6 is 23.4 Å². The van der Waals surface area contributed by atoms with Crippen molar-refractivity contribution in [1.29, 1.82) is 0 Å². The van der Waals surface area contributed by atoms with Gasteiger partial charge in [0.15, 0.2) is 0 Å². The summed E-state index contributed by atoms with van der Waals surface area (Å²) in [6, 6.07) is 5.29. The molecule has 1 N–H and O–H groups in total. The van der Waals surface area contributed by atoms with Crippen molar-refractivity contribution in [1.82, 2.24) is 0 Å². The molecule has 0 aliphatic rings. The Bertz CT molecular complexity index is 305. The number of rotatable bonds is 6. The van der Waals surface area contributed by atoms with E-state index in [1.54, 1.807) is 18.2 Å². The van der Waals surface area contributed by atoms with Gasteiger partial charge in [-0.1, -0.05) is 18.5 Å². The molecule has 0 saturated heterocycles. The Hall–Kier alpha value is -0.380. The molecular formula is C11H15ClO2S. The Kier molecular flexibility index (Phi) is 5.91. The van der Waals surface area contributed by atoms with Gasteiger partial charge < -0.3 is 9.84 Å². The Balaban J connectivity index is 2.52. The number of benzene rings is 1. The maximum atomic E-state index is 9.10. The lowest BCUT2D eigenvalue weighted by Gasteiger charge is -2.09. The van der Waals surface area contributed by atoms with Gasteiger partial charge in [-0.3, -0.25) is 0 Å². The van der Waals surface area contributed by atoms with E-state index < -0.39 is 0 Å². The van der Waals surface area contributed by atoms with Gasteiger partial charge in [0.2, 0.25) is 0 Å². The van der Waals surface area contributed by atoms with Crippen LogP contribution in [-0.2, 0) is 6.61 Å². The predicted octanol–water partition coefficient (Wildman–Crippen LogP) is 2.96. The molecule has 1 aromatic carbocycles. The van der Waals surface area contributed by atoms with E-state index in [9.17, 15) is 0 Å². The van der Waals surface area contributed by atoms with Gasteiger partial charge in [0, 0.05) is 16.3 Å². The molecule has 0 aromatic heterocycles. The van der Waals surface area contributed by atoms with Crippen LogP contribution in [0.2, 0.25) is 5.02 Å². The molecule has 0 heterocycles. The van der Waals surface area contributed by atoms with E-state index >= 15 is 0 Å². The summed E-state index contributed by atoms with van der Waals surface area (Å²) in [6.45, 7) is 2.73. The van der Waals surface area contributed by atoms with E-state index in [0.29, 0.717) is 11.6 Å². The maximum Gasteiger partial charge on any atom is 0.124 e. The fourth-order valence-electron chi connectivity index (χ4n) is 1.17. The molecule has 0 unspecified atom stereocenters. The fourth-order valence-corrected chi connectivity index (χ4v) is 1.85. The minimum absolute atomic E-state index is 0.0448. The summed E-state index contributed by atoms with van der Waals surface area (Å²) in [5.74, 6) is 2.78. The van der Waals surface area contributed by atoms with Crippen LogP contribution in [0, 0.1) is 0 Å². The highest BCUT2D eigenvalue weighted by Gasteiger charge is 2.03. The lowest BCUT2D eigenvalue weighted by molar-refractivity contribution is 0.267. The molecule has 84 valence electrons. The highest BCUT2D eigenvalue weighted by atomic mass is 35.5. The number of hydrogen-bond acceptors (Lipinski definition) is 3. The van der Waals surface area contributed by atoms with Gasteiger partial charge in [-0.15, -0.1) is 0 Å².